The van der Waals surface area contributed by atoms with Crippen LogP contribution in [0.1, 0.15) is 22.8 Å². The summed E-state index contributed by atoms with van der Waals surface area (Å²) in [7, 11) is 7.36. The molecule has 0 aliphatic heterocycles. The number of ether oxygens (including phenoxy) is 6. The molecule has 0 aromatic heterocycles. The number of Topliss-reactive ketones (excluding diaryl/α,β-unsaturated/α-hetero) is 1. The largest absolute Gasteiger partial charge is 0.493 e. The number of ketones is 1. The van der Waals surface area contributed by atoms with Crippen LogP contribution in [-0.4, -0.2) is 53.9 Å². The van der Waals surface area contributed by atoms with E-state index in [4.69, 9.17) is 28.4 Å². The van der Waals surface area contributed by atoms with Gasteiger partial charge in [0.15, 0.2) is 23.0 Å². The lowest BCUT2D eigenvalue weighted by Crippen LogP contribution is -2.16. The molecule has 0 fully saturated rings. The van der Waals surface area contributed by atoms with Crippen molar-refractivity contribution in [2.75, 3.05) is 42.2 Å². The van der Waals surface area contributed by atoms with Gasteiger partial charge in [0, 0.05) is 5.56 Å². The van der Waals surface area contributed by atoms with E-state index < -0.39 is 11.8 Å². The van der Waals surface area contributed by atoms with Crippen molar-refractivity contribution in [3.63, 3.8) is 0 Å². The van der Waals surface area contributed by atoms with E-state index in [0.29, 0.717) is 34.3 Å². The molecule has 0 N–H and O–H groups in total. The fourth-order valence-electron chi connectivity index (χ4n) is 2.90. The van der Waals surface area contributed by atoms with Crippen molar-refractivity contribution >= 4 is 17.8 Å². The highest BCUT2D eigenvalue weighted by molar-refractivity contribution is 6.27. The zero-order valence-corrected chi connectivity index (χ0v) is 18.4. The van der Waals surface area contributed by atoms with Crippen molar-refractivity contribution < 1.29 is 38.0 Å². The Morgan fingerprint density at radius 2 is 1.35 bits per heavy atom. The third-order valence-electron chi connectivity index (χ3n) is 4.39. The number of hydrogen-bond donors (Lipinski definition) is 0. The number of esters is 1. The summed E-state index contributed by atoms with van der Waals surface area (Å²) in [4.78, 5) is 25.9. The molecular formula is C23H26O8. The summed E-state index contributed by atoms with van der Waals surface area (Å²) < 4.78 is 31.5. The first-order valence-corrected chi connectivity index (χ1v) is 9.39. The van der Waals surface area contributed by atoms with Crippen molar-refractivity contribution in [3.8, 4) is 28.7 Å². The van der Waals surface area contributed by atoms with Gasteiger partial charge in [0.2, 0.25) is 11.5 Å². The molecule has 0 saturated heterocycles. The van der Waals surface area contributed by atoms with Gasteiger partial charge in [-0.3, -0.25) is 4.79 Å². The van der Waals surface area contributed by atoms with Crippen LogP contribution in [-0.2, 0) is 9.53 Å². The first-order chi connectivity index (χ1) is 14.9. The third kappa shape index (κ3) is 5.28. The van der Waals surface area contributed by atoms with E-state index in [1.54, 1.807) is 25.1 Å². The first kappa shape index (κ1) is 23.6. The molecule has 0 spiro atoms. The van der Waals surface area contributed by atoms with Gasteiger partial charge >= 0.3 is 5.97 Å². The summed E-state index contributed by atoms with van der Waals surface area (Å²) in [6.07, 6.45) is 1.44. The van der Waals surface area contributed by atoms with Crippen LogP contribution in [0.5, 0.6) is 28.7 Å². The summed E-state index contributed by atoms with van der Waals surface area (Å²) in [6.45, 7) is 1.78. The molecule has 31 heavy (non-hydrogen) atoms. The standard InChI is InChI=1S/C23H26O8/c1-7-31-23(25)16(10-14-8-9-17(26-2)18(11-14)27-3)21(24)15-12-19(28-4)22(30-6)20(13-15)29-5/h8-13H,7H2,1-6H3/b16-10-. The zero-order valence-electron chi connectivity index (χ0n) is 18.4. The lowest BCUT2D eigenvalue weighted by atomic mass is 9.99. The molecule has 0 heterocycles. The lowest BCUT2D eigenvalue weighted by Gasteiger charge is -2.14. The molecule has 8 heteroatoms. The highest BCUT2D eigenvalue weighted by Crippen LogP contribution is 2.39. The molecule has 0 radical (unpaired) electrons. The van der Waals surface area contributed by atoms with Crippen LogP contribution in [0.3, 0.4) is 0 Å². The molecular weight excluding hydrogens is 404 g/mol. The van der Waals surface area contributed by atoms with E-state index in [0.717, 1.165) is 0 Å². The van der Waals surface area contributed by atoms with E-state index in [1.807, 2.05) is 0 Å². The Hall–Kier alpha value is -3.68. The molecule has 2 aromatic carbocycles. The molecule has 0 aliphatic carbocycles. The van der Waals surface area contributed by atoms with Gasteiger partial charge in [-0.15, -0.1) is 0 Å². The Kier molecular flexibility index (Phi) is 8.31. The SMILES string of the molecule is CCOC(=O)/C(=C\c1ccc(OC)c(OC)c1)C(=O)c1cc(OC)c(OC)c(OC)c1. The van der Waals surface area contributed by atoms with Gasteiger partial charge in [-0.25, -0.2) is 4.79 Å². The molecule has 2 aromatic rings. The Bertz CT molecular complexity index is 953. The summed E-state index contributed by atoms with van der Waals surface area (Å²) in [6, 6.07) is 7.98. The smallest absolute Gasteiger partial charge is 0.342 e. The molecule has 0 amide bonds. The number of hydrogen-bond acceptors (Lipinski definition) is 8. The Morgan fingerprint density at radius 1 is 0.774 bits per heavy atom. The maximum Gasteiger partial charge on any atom is 0.342 e. The van der Waals surface area contributed by atoms with Crippen molar-refractivity contribution in [2.24, 2.45) is 0 Å². The Labute approximate surface area is 181 Å². The molecule has 0 atom stereocenters. The second-order valence-corrected chi connectivity index (χ2v) is 6.14. The maximum atomic E-state index is 13.3. The second kappa shape index (κ2) is 10.9. The van der Waals surface area contributed by atoms with Gasteiger partial charge in [-0.05, 0) is 42.8 Å². The third-order valence-corrected chi connectivity index (χ3v) is 4.39. The quantitative estimate of drug-likeness (QED) is 0.186. The Balaban J connectivity index is 2.60. The molecule has 0 bridgehead atoms. The fourth-order valence-corrected chi connectivity index (χ4v) is 2.90. The highest BCUT2D eigenvalue weighted by atomic mass is 16.5. The van der Waals surface area contributed by atoms with Gasteiger partial charge < -0.3 is 28.4 Å². The minimum atomic E-state index is -0.754. The van der Waals surface area contributed by atoms with E-state index in [2.05, 4.69) is 0 Å². The lowest BCUT2D eigenvalue weighted by molar-refractivity contribution is -0.137. The van der Waals surface area contributed by atoms with Crippen LogP contribution < -0.4 is 23.7 Å². The Morgan fingerprint density at radius 3 is 1.84 bits per heavy atom. The van der Waals surface area contributed by atoms with Crippen molar-refractivity contribution in [1.29, 1.82) is 0 Å². The van der Waals surface area contributed by atoms with Crippen LogP contribution in [0, 0.1) is 0 Å². The molecule has 166 valence electrons. The molecule has 8 nitrogen and oxygen atoms in total. The van der Waals surface area contributed by atoms with E-state index in [-0.39, 0.29) is 17.7 Å². The number of carbonyl (C=O) groups is 2. The molecule has 0 aliphatic rings. The van der Waals surface area contributed by atoms with Crippen molar-refractivity contribution in [2.45, 2.75) is 6.92 Å². The second-order valence-electron chi connectivity index (χ2n) is 6.14. The summed E-state index contributed by atoms with van der Waals surface area (Å²) in [5.41, 5.74) is 0.569. The summed E-state index contributed by atoms with van der Waals surface area (Å²) >= 11 is 0. The van der Waals surface area contributed by atoms with Gasteiger partial charge in [0.1, 0.15) is 5.57 Å². The van der Waals surface area contributed by atoms with Crippen LogP contribution in [0.15, 0.2) is 35.9 Å². The minimum absolute atomic E-state index is 0.116. The van der Waals surface area contributed by atoms with E-state index in [9.17, 15) is 9.59 Å². The average Bonchev–Trinajstić information content (AvgIpc) is 2.80. The van der Waals surface area contributed by atoms with Crippen LogP contribution >= 0.6 is 0 Å². The molecule has 0 unspecified atom stereocenters. The normalized spacial score (nSPS) is 10.8. The van der Waals surface area contributed by atoms with Crippen LogP contribution in [0.4, 0.5) is 0 Å². The minimum Gasteiger partial charge on any atom is -0.493 e. The van der Waals surface area contributed by atoms with Gasteiger partial charge in [0.05, 0.1) is 42.2 Å². The van der Waals surface area contributed by atoms with E-state index in [1.165, 1.54) is 53.8 Å². The zero-order chi connectivity index (χ0) is 23.0. The molecule has 2 rings (SSSR count). The van der Waals surface area contributed by atoms with Gasteiger partial charge in [0.25, 0.3) is 0 Å². The number of methoxy groups -OCH3 is 5. The molecule has 0 saturated carbocycles. The average molecular weight is 430 g/mol. The maximum absolute atomic E-state index is 13.3. The van der Waals surface area contributed by atoms with Crippen molar-refractivity contribution in [1.82, 2.24) is 0 Å². The number of carbonyl (C=O) groups excluding carboxylic acids is 2. The van der Waals surface area contributed by atoms with Crippen LogP contribution in [0.25, 0.3) is 6.08 Å². The van der Waals surface area contributed by atoms with Crippen LogP contribution in [0.2, 0.25) is 0 Å². The number of rotatable bonds is 10. The highest BCUT2D eigenvalue weighted by Gasteiger charge is 2.25. The topological polar surface area (TPSA) is 89.5 Å². The monoisotopic (exact) mass is 430 g/mol. The summed E-state index contributed by atoms with van der Waals surface area (Å²) in [5.74, 6) is 0.582. The van der Waals surface area contributed by atoms with Gasteiger partial charge in [-0.2, -0.15) is 0 Å². The predicted octanol–water partition coefficient (Wildman–Crippen LogP) is 3.56. The fraction of sp³-hybridized carbons (Fsp3) is 0.304. The van der Waals surface area contributed by atoms with E-state index >= 15 is 0 Å². The number of benzene rings is 2. The summed E-state index contributed by atoms with van der Waals surface area (Å²) in [5, 5.41) is 0. The first-order valence-electron chi connectivity index (χ1n) is 9.39. The predicted molar refractivity (Wildman–Crippen MR) is 115 cm³/mol. The van der Waals surface area contributed by atoms with Gasteiger partial charge in [-0.1, -0.05) is 6.07 Å². The van der Waals surface area contributed by atoms with Crippen molar-refractivity contribution in [3.05, 3.63) is 47.0 Å².